The van der Waals surface area contributed by atoms with Crippen LogP contribution in [-0.4, -0.2) is 61.8 Å². The molecule has 5 N–H and O–H groups in total. The Morgan fingerprint density at radius 2 is 1.95 bits per heavy atom. The highest BCUT2D eigenvalue weighted by atomic mass is 19.1. The lowest BCUT2D eigenvalue weighted by Crippen LogP contribution is -2.46. The molecule has 3 aromatic heterocycles. The van der Waals surface area contributed by atoms with Crippen molar-refractivity contribution in [2.45, 2.75) is 78.0 Å². The Bertz CT molecular complexity index is 1330. The second-order valence-corrected chi connectivity index (χ2v) is 10.5. The molecule has 41 heavy (non-hydrogen) atoms. The summed E-state index contributed by atoms with van der Waals surface area (Å²) in [7, 11) is 1.47. The van der Waals surface area contributed by atoms with Crippen LogP contribution in [0.2, 0.25) is 0 Å². The number of carbonyl (C=O) groups excluding carboxylic acids is 2. The van der Waals surface area contributed by atoms with Gasteiger partial charge in [-0.15, -0.1) is 5.10 Å². The summed E-state index contributed by atoms with van der Waals surface area (Å²) in [5.41, 5.74) is 5.60. The average Bonchev–Trinajstić information content (AvgIpc) is 3.43. The first kappa shape index (κ1) is 31.0. The van der Waals surface area contributed by atoms with E-state index in [1.807, 2.05) is 0 Å². The van der Waals surface area contributed by atoms with Gasteiger partial charge in [0.1, 0.15) is 17.1 Å². The van der Waals surface area contributed by atoms with E-state index in [0.717, 1.165) is 25.3 Å². The van der Waals surface area contributed by atoms with Crippen molar-refractivity contribution in [3.8, 4) is 11.6 Å². The minimum Gasteiger partial charge on any atom is -0.479 e. The number of carbonyl (C=O) groups is 2. The van der Waals surface area contributed by atoms with Crippen molar-refractivity contribution in [1.82, 2.24) is 30.3 Å². The summed E-state index contributed by atoms with van der Waals surface area (Å²) in [6.45, 7) is 9.20. The van der Waals surface area contributed by atoms with E-state index >= 15 is 4.39 Å². The van der Waals surface area contributed by atoms with Crippen LogP contribution in [0.15, 0.2) is 30.7 Å². The molecule has 222 valence electrons. The Morgan fingerprint density at radius 3 is 2.56 bits per heavy atom. The van der Waals surface area contributed by atoms with Crippen molar-refractivity contribution < 1.29 is 23.5 Å². The highest BCUT2D eigenvalue weighted by Gasteiger charge is 2.25. The van der Waals surface area contributed by atoms with Gasteiger partial charge in [0, 0.05) is 12.1 Å². The molecule has 0 aliphatic rings. The number of rotatable bonds is 13. The first-order valence-electron chi connectivity index (χ1n) is 13.4. The standard InChI is InChI=1S/C27H38FN9O4/c1-7-8-9-10-20(16(2)32-26(39)41-27(3,4)5)34-24-19(28)14-18(22(29)38)23(35-24)33-17-13-21(25(40-6)30-15-17)37-12-11-31-36-37/h11-16,20H,7-10H2,1-6H3,(H2,29,38)(H,32,39)(H2,33,34,35)/t16-,20+/m0/s1. The third-order valence-corrected chi connectivity index (χ3v) is 5.99. The summed E-state index contributed by atoms with van der Waals surface area (Å²) >= 11 is 0. The highest BCUT2D eigenvalue weighted by Crippen LogP contribution is 2.28. The molecule has 2 amide bonds. The average molecular weight is 572 g/mol. The van der Waals surface area contributed by atoms with E-state index < -0.39 is 35.5 Å². The van der Waals surface area contributed by atoms with Gasteiger partial charge in [0.25, 0.3) is 5.91 Å². The lowest BCUT2D eigenvalue weighted by molar-refractivity contribution is 0.0502. The summed E-state index contributed by atoms with van der Waals surface area (Å²) in [5, 5.41) is 16.7. The first-order chi connectivity index (χ1) is 19.4. The first-order valence-corrected chi connectivity index (χ1v) is 13.4. The van der Waals surface area contributed by atoms with Gasteiger partial charge in [-0.25, -0.2) is 23.8 Å². The molecule has 0 aromatic carbocycles. The summed E-state index contributed by atoms with van der Waals surface area (Å²) < 4.78 is 27.4. The topological polar surface area (TPSA) is 171 Å². The highest BCUT2D eigenvalue weighted by molar-refractivity contribution is 5.98. The molecule has 0 bridgehead atoms. The zero-order valence-corrected chi connectivity index (χ0v) is 24.2. The quantitative estimate of drug-likeness (QED) is 0.217. The van der Waals surface area contributed by atoms with Crippen LogP contribution in [0.1, 0.15) is 70.7 Å². The maximum atomic E-state index is 15.3. The number of unbranched alkanes of at least 4 members (excludes halogenated alkanes) is 2. The van der Waals surface area contributed by atoms with Crippen LogP contribution in [0, 0.1) is 5.82 Å². The van der Waals surface area contributed by atoms with E-state index in [1.165, 1.54) is 24.2 Å². The fourth-order valence-corrected chi connectivity index (χ4v) is 4.01. The Balaban J connectivity index is 1.92. The largest absolute Gasteiger partial charge is 0.479 e. The number of ether oxygens (including phenoxy) is 2. The Labute approximate surface area is 238 Å². The van der Waals surface area contributed by atoms with E-state index in [0.29, 0.717) is 17.8 Å². The Kier molecular flexibility index (Phi) is 10.4. The Hall–Kier alpha value is -4.49. The third-order valence-electron chi connectivity index (χ3n) is 5.99. The summed E-state index contributed by atoms with van der Waals surface area (Å²) in [6.07, 6.45) is 7.39. The monoisotopic (exact) mass is 571 g/mol. The van der Waals surface area contributed by atoms with Crippen LogP contribution in [0.4, 0.5) is 26.5 Å². The van der Waals surface area contributed by atoms with E-state index in [-0.39, 0.29) is 23.1 Å². The molecule has 2 atom stereocenters. The van der Waals surface area contributed by atoms with E-state index in [2.05, 4.69) is 43.2 Å². The molecule has 0 unspecified atom stereocenters. The second kappa shape index (κ2) is 13.7. The van der Waals surface area contributed by atoms with Gasteiger partial charge in [0.2, 0.25) is 5.88 Å². The number of hydrogen-bond donors (Lipinski definition) is 4. The van der Waals surface area contributed by atoms with Crippen LogP contribution < -0.4 is 26.4 Å². The Morgan fingerprint density at radius 1 is 1.20 bits per heavy atom. The molecule has 0 fully saturated rings. The maximum Gasteiger partial charge on any atom is 0.407 e. The predicted molar refractivity (Wildman–Crippen MR) is 152 cm³/mol. The molecule has 0 radical (unpaired) electrons. The van der Waals surface area contributed by atoms with Crippen LogP contribution in [0.25, 0.3) is 5.69 Å². The van der Waals surface area contributed by atoms with Gasteiger partial charge in [0.15, 0.2) is 11.6 Å². The minimum absolute atomic E-state index is 0.0120. The molecule has 13 nitrogen and oxygen atoms in total. The molecule has 3 aromatic rings. The number of amides is 2. The normalized spacial score (nSPS) is 12.8. The van der Waals surface area contributed by atoms with E-state index in [9.17, 15) is 9.59 Å². The fourth-order valence-electron chi connectivity index (χ4n) is 4.01. The molecular formula is C27H38FN9O4. The van der Waals surface area contributed by atoms with Crippen LogP contribution in [0.5, 0.6) is 5.88 Å². The molecular weight excluding hydrogens is 533 g/mol. The van der Waals surface area contributed by atoms with Gasteiger partial charge in [-0.3, -0.25) is 4.79 Å². The molecule has 14 heteroatoms. The summed E-state index contributed by atoms with van der Waals surface area (Å²) in [6, 6.07) is 1.84. The van der Waals surface area contributed by atoms with Gasteiger partial charge < -0.3 is 31.2 Å². The zero-order chi connectivity index (χ0) is 30.2. The number of anilines is 3. The predicted octanol–water partition coefficient (Wildman–Crippen LogP) is 4.32. The van der Waals surface area contributed by atoms with Crippen molar-refractivity contribution in [1.29, 1.82) is 0 Å². The van der Waals surface area contributed by atoms with Crippen molar-refractivity contribution in [2.75, 3.05) is 17.7 Å². The molecule has 3 heterocycles. The summed E-state index contributed by atoms with van der Waals surface area (Å²) in [4.78, 5) is 33.3. The number of hydrogen-bond acceptors (Lipinski definition) is 10. The number of halogens is 1. The third kappa shape index (κ3) is 8.75. The van der Waals surface area contributed by atoms with Crippen LogP contribution in [0.3, 0.4) is 0 Å². The van der Waals surface area contributed by atoms with Crippen LogP contribution >= 0.6 is 0 Å². The van der Waals surface area contributed by atoms with E-state index in [1.54, 1.807) is 40.0 Å². The number of methoxy groups -OCH3 is 1. The number of nitrogens with one attached hydrogen (secondary N) is 3. The van der Waals surface area contributed by atoms with E-state index in [4.69, 9.17) is 15.2 Å². The van der Waals surface area contributed by atoms with Crippen LogP contribution in [-0.2, 0) is 4.74 Å². The SMILES string of the molecule is CCCCC[C@@H](Nc1nc(Nc2cnc(OC)c(-n3ccnn3)c2)c(C(N)=O)cc1F)[C@H](C)NC(=O)OC(C)(C)C. The summed E-state index contributed by atoms with van der Waals surface area (Å²) in [5.74, 6) is -1.46. The number of pyridine rings is 2. The van der Waals surface area contributed by atoms with Crippen molar-refractivity contribution in [3.63, 3.8) is 0 Å². The smallest absolute Gasteiger partial charge is 0.407 e. The number of alkyl carbamates (subject to hydrolysis) is 1. The molecule has 0 spiro atoms. The zero-order valence-electron chi connectivity index (χ0n) is 24.2. The van der Waals surface area contributed by atoms with Gasteiger partial charge in [0.05, 0.1) is 37.0 Å². The number of nitrogens with two attached hydrogens (primary N) is 1. The number of nitrogens with zero attached hydrogens (tertiary/aromatic N) is 5. The number of primary amides is 1. The molecule has 0 saturated carbocycles. The van der Waals surface area contributed by atoms with Crippen molar-refractivity contribution in [2.24, 2.45) is 5.73 Å². The minimum atomic E-state index is -0.872. The number of aromatic nitrogens is 5. The molecule has 3 rings (SSSR count). The van der Waals surface area contributed by atoms with Gasteiger partial charge in [-0.05, 0) is 46.2 Å². The second-order valence-electron chi connectivity index (χ2n) is 10.5. The molecule has 0 aliphatic heterocycles. The lowest BCUT2D eigenvalue weighted by atomic mass is 10.0. The maximum absolute atomic E-state index is 15.3. The lowest BCUT2D eigenvalue weighted by Gasteiger charge is -2.28. The molecule has 0 saturated heterocycles. The fraction of sp³-hybridized carbons (Fsp3) is 0.481. The van der Waals surface area contributed by atoms with Gasteiger partial charge in [-0.2, -0.15) is 0 Å². The van der Waals surface area contributed by atoms with Crippen molar-refractivity contribution >= 4 is 29.3 Å². The van der Waals surface area contributed by atoms with Crippen molar-refractivity contribution in [3.05, 3.63) is 42.1 Å². The molecule has 0 aliphatic carbocycles. The van der Waals surface area contributed by atoms with Gasteiger partial charge >= 0.3 is 6.09 Å². The van der Waals surface area contributed by atoms with Gasteiger partial charge in [-0.1, -0.05) is 31.4 Å².